The SMILES string of the molecule is COC(=O)c1[nH]c2ccc(OCc3ccccc3)cc2c1O. The highest BCUT2D eigenvalue weighted by Crippen LogP contribution is 2.32. The Kier molecular flexibility index (Phi) is 3.70. The van der Waals surface area contributed by atoms with Gasteiger partial charge in [-0.3, -0.25) is 0 Å². The predicted molar refractivity (Wildman–Crippen MR) is 82.1 cm³/mol. The van der Waals surface area contributed by atoms with Crippen LogP contribution in [-0.2, 0) is 11.3 Å². The van der Waals surface area contributed by atoms with E-state index >= 15 is 0 Å². The number of nitrogens with one attached hydrogen (secondary N) is 1. The van der Waals surface area contributed by atoms with Crippen LogP contribution in [0.5, 0.6) is 11.5 Å². The molecular formula is C17H15NO4. The molecule has 3 aromatic rings. The second kappa shape index (κ2) is 5.81. The van der Waals surface area contributed by atoms with Crippen LogP contribution in [0.15, 0.2) is 48.5 Å². The maximum atomic E-state index is 11.6. The monoisotopic (exact) mass is 297 g/mol. The van der Waals surface area contributed by atoms with Gasteiger partial charge in [-0.05, 0) is 23.8 Å². The highest BCUT2D eigenvalue weighted by atomic mass is 16.5. The Morgan fingerprint density at radius 1 is 1.18 bits per heavy atom. The molecule has 0 aliphatic rings. The third kappa shape index (κ3) is 2.61. The minimum absolute atomic E-state index is 0.0395. The number of rotatable bonds is 4. The third-order valence-corrected chi connectivity index (χ3v) is 3.38. The van der Waals surface area contributed by atoms with E-state index in [1.807, 2.05) is 30.3 Å². The number of aromatic amines is 1. The summed E-state index contributed by atoms with van der Waals surface area (Å²) in [4.78, 5) is 14.4. The van der Waals surface area contributed by atoms with Crippen LogP contribution in [0.25, 0.3) is 10.9 Å². The molecule has 0 saturated heterocycles. The lowest BCUT2D eigenvalue weighted by atomic mass is 10.2. The van der Waals surface area contributed by atoms with E-state index in [9.17, 15) is 9.90 Å². The number of hydrogen-bond donors (Lipinski definition) is 2. The lowest BCUT2D eigenvalue weighted by Crippen LogP contribution is -2.01. The van der Waals surface area contributed by atoms with Crippen LogP contribution in [0, 0.1) is 0 Å². The van der Waals surface area contributed by atoms with Crippen LogP contribution in [0.4, 0.5) is 0 Å². The van der Waals surface area contributed by atoms with Crippen molar-refractivity contribution in [2.75, 3.05) is 7.11 Å². The van der Waals surface area contributed by atoms with Crippen molar-refractivity contribution in [3.63, 3.8) is 0 Å². The summed E-state index contributed by atoms with van der Waals surface area (Å²) in [5, 5.41) is 10.6. The number of carbonyl (C=O) groups is 1. The summed E-state index contributed by atoms with van der Waals surface area (Å²) in [7, 11) is 1.27. The van der Waals surface area contributed by atoms with E-state index in [1.165, 1.54) is 7.11 Å². The van der Waals surface area contributed by atoms with Crippen molar-refractivity contribution in [2.45, 2.75) is 6.61 Å². The molecule has 3 rings (SSSR count). The lowest BCUT2D eigenvalue weighted by Gasteiger charge is -2.06. The molecule has 0 aliphatic heterocycles. The first-order valence-corrected chi connectivity index (χ1v) is 6.79. The Balaban J connectivity index is 1.86. The van der Waals surface area contributed by atoms with Gasteiger partial charge in [0.25, 0.3) is 0 Å². The molecule has 2 aromatic carbocycles. The van der Waals surface area contributed by atoms with E-state index in [4.69, 9.17) is 4.74 Å². The van der Waals surface area contributed by atoms with E-state index in [0.717, 1.165) is 5.56 Å². The van der Waals surface area contributed by atoms with Gasteiger partial charge < -0.3 is 19.6 Å². The van der Waals surface area contributed by atoms with Gasteiger partial charge >= 0.3 is 5.97 Å². The summed E-state index contributed by atoms with van der Waals surface area (Å²) in [6.45, 7) is 0.432. The molecule has 5 heteroatoms. The number of benzene rings is 2. The van der Waals surface area contributed by atoms with Gasteiger partial charge in [0.1, 0.15) is 12.4 Å². The average molecular weight is 297 g/mol. The van der Waals surface area contributed by atoms with Crippen LogP contribution in [0.2, 0.25) is 0 Å². The molecule has 0 amide bonds. The Hall–Kier alpha value is -2.95. The molecule has 1 heterocycles. The van der Waals surface area contributed by atoms with Gasteiger partial charge in [-0.25, -0.2) is 4.79 Å². The maximum Gasteiger partial charge on any atom is 0.358 e. The smallest absolute Gasteiger partial charge is 0.358 e. The molecule has 112 valence electrons. The van der Waals surface area contributed by atoms with Crippen molar-refractivity contribution in [1.82, 2.24) is 4.98 Å². The lowest BCUT2D eigenvalue weighted by molar-refractivity contribution is 0.0592. The number of H-pyrrole nitrogens is 1. The number of carbonyl (C=O) groups excluding carboxylic acids is 1. The molecular weight excluding hydrogens is 282 g/mol. The number of ether oxygens (including phenoxy) is 2. The molecule has 0 fully saturated rings. The van der Waals surface area contributed by atoms with Crippen LogP contribution < -0.4 is 4.74 Å². The molecule has 0 spiro atoms. The third-order valence-electron chi connectivity index (χ3n) is 3.38. The number of esters is 1. The molecule has 0 atom stereocenters. The summed E-state index contributed by atoms with van der Waals surface area (Å²) in [6, 6.07) is 15.0. The molecule has 0 saturated carbocycles. The van der Waals surface area contributed by atoms with E-state index in [2.05, 4.69) is 9.72 Å². The Labute approximate surface area is 127 Å². The van der Waals surface area contributed by atoms with E-state index in [0.29, 0.717) is 23.3 Å². The van der Waals surface area contributed by atoms with Gasteiger partial charge in [-0.15, -0.1) is 0 Å². The quantitative estimate of drug-likeness (QED) is 0.725. The predicted octanol–water partition coefficient (Wildman–Crippen LogP) is 3.24. The fraction of sp³-hybridized carbons (Fsp3) is 0.118. The summed E-state index contributed by atoms with van der Waals surface area (Å²) in [5.41, 5.74) is 1.74. The molecule has 0 aliphatic carbocycles. The highest BCUT2D eigenvalue weighted by Gasteiger charge is 2.18. The second-order valence-corrected chi connectivity index (χ2v) is 4.82. The number of methoxy groups -OCH3 is 1. The first kappa shape index (κ1) is 14.0. The number of fused-ring (bicyclic) bond motifs is 1. The summed E-state index contributed by atoms with van der Waals surface area (Å²) in [6.07, 6.45) is 0. The molecule has 5 nitrogen and oxygen atoms in total. The van der Waals surface area contributed by atoms with Gasteiger partial charge in [0.15, 0.2) is 11.4 Å². The number of aromatic nitrogens is 1. The van der Waals surface area contributed by atoms with Crippen molar-refractivity contribution < 1.29 is 19.4 Å². The van der Waals surface area contributed by atoms with Crippen molar-refractivity contribution in [3.05, 3.63) is 59.8 Å². The fourth-order valence-corrected chi connectivity index (χ4v) is 2.24. The zero-order valence-corrected chi connectivity index (χ0v) is 12.0. The van der Waals surface area contributed by atoms with Crippen LogP contribution >= 0.6 is 0 Å². The van der Waals surface area contributed by atoms with Crippen LogP contribution in [0.3, 0.4) is 0 Å². The van der Waals surface area contributed by atoms with Gasteiger partial charge in [-0.1, -0.05) is 30.3 Å². The molecule has 0 bridgehead atoms. The maximum absolute atomic E-state index is 11.6. The number of aromatic hydroxyl groups is 1. The highest BCUT2D eigenvalue weighted by molar-refractivity contribution is 6.01. The van der Waals surface area contributed by atoms with Gasteiger partial charge in [0.2, 0.25) is 0 Å². The van der Waals surface area contributed by atoms with Crippen molar-refractivity contribution >= 4 is 16.9 Å². The summed E-state index contributed by atoms with van der Waals surface area (Å²) >= 11 is 0. The Morgan fingerprint density at radius 3 is 2.68 bits per heavy atom. The normalized spacial score (nSPS) is 10.6. The first-order chi connectivity index (χ1) is 10.7. The van der Waals surface area contributed by atoms with Gasteiger partial charge in [0.05, 0.1) is 12.6 Å². The fourth-order valence-electron chi connectivity index (χ4n) is 2.24. The first-order valence-electron chi connectivity index (χ1n) is 6.79. The van der Waals surface area contributed by atoms with Crippen LogP contribution in [-0.4, -0.2) is 23.2 Å². The molecule has 2 N–H and O–H groups in total. The van der Waals surface area contributed by atoms with E-state index < -0.39 is 5.97 Å². The molecule has 1 aromatic heterocycles. The number of hydrogen-bond acceptors (Lipinski definition) is 4. The average Bonchev–Trinajstić information content (AvgIpc) is 2.90. The minimum atomic E-state index is -0.611. The minimum Gasteiger partial charge on any atom is -0.505 e. The van der Waals surface area contributed by atoms with E-state index in [-0.39, 0.29) is 11.4 Å². The topological polar surface area (TPSA) is 71.6 Å². The second-order valence-electron chi connectivity index (χ2n) is 4.82. The standard InChI is InChI=1S/C17H15NO4/c1-21-17(20)15-16(19)13-9-12(7-8-14(13)18-15)22-10-11-5-3-2-4-6-11/h2-9,18-19H,10H2,1H3. The van der Waals surface area contributed by atoms with Crippen LogP contribution in [0.1, 0.15) is 16.1 Å². The summed E-state index contributed by atoms with van der Waals surface area (Å²) < 4.78 is 10.3. The zero-order chi connectivity index (χ0) is 15.5. The van der Waals surface area contributed by atoms with Gasteiger partial charge in [0, 0.05) is 5.39 Å². The molecule has 0 radical (unpaired) electrons. The largest absolute Gasteiger partial charge is 0.505 e. The van der Waals surface area contributed by atoms with Gasteiger partial charge in [-0.2, -0.15) is 0 Å². The molecule has 22 heavy (non-hydrogen) atoms. The Bertz CT molecular complexity index is 808. The van der Waals surface area contributed by atoms with E-state index in [1.54, 1.807) is 18.2 Å². The molecule has 0 unspecified atom stereocenters. The zero-order valence-electron chi connectivity index (χ0n) is 12.0. The van der Waals surface area contributed by atoms with Crippen molar-refractivity contribution in [3.8, 4) is 11.5 Å². The van der Waals surface area contributed by atoms with Crippen molar-refractivity contribution in [1.29, 1.82) is 0 Å². The van der Waals surface area contributed by atoms with Crippen molar-refractivity contribution in [2.24, 2.45) is 0 Å². The summed E-state index contributed by atoms with van der Waals surface area (Å²) in [5.74, 6) is -0.130. The Morgan fingerprint density at radius 2 is 1.95 bits per heavy atom.